The van der Waals surface area contributed by atoms with Gasteiger partial charge >= 0.3 is 0 Å². The van der Waals surface area contributed by atoms with Crippen molar-refractivity contribution >= 4 is 5.91 Å². The average molecular weight is 302 g/mol. The minimum atomic E-state index is 0.125. The maximum atomic E-state index is 13.0. The van der Waals surface area contributed by atoms with Crippen LogP contribution in [0.25, 0.3) is 0 Å². The van der Waals surface area contributed by atoms with Gasteiger partial charge < -0.3 is 15.4 Å². The highest BCUT2D eigenvalue weighted by Crippen LogP contribution is 2.40. The molecule has 1 saturated heterocycles. The summed E-state index contributed by atoms with van der Waals surface area (Å²) in [5.41, 5.74) is 7.00. The van der Waals surface area contributed by atoms with Crippen molar-refractivity contribution in [3.8, 4) is 5.75 Å². The normalized spacial score (nSPS) is 28.1. The Morgan fingerprint density at radius 3 is 2.86 bits per heavy atom. The van der Waals surface area contributed by atoms with Gasteiger partial charge in [-0.25, -0.2) is 0 Å². The number of carbonyl (C=O) groups is 1. The summed E-state index contributed by atoms with van der Waals surface area (Å²) in [7, 11) is 1.70. The van der Waals surface area contributed by atoms with Crippen molar-refractivity contribution in [3.63, 3.8) is 0 Å². The van der Waals surface area contributed by atoms with Gasteiger partial charge in [0.25, 0.3) is 0 Å². The number of para-hydroxylation sites is 1. The Hall–Kier alpha value is -1.55. The van der Waals surface area contributed by atoms with Crippen LogP contribution in [0.2, 0.25) is 0 Å². The van der Waals surface area contributed by atoms with Gasteiger partial charge in [0.15, 0.2) is 0 Å². The predicted molar refractivity (Wildman–Crippen MR) is 86.6 cm³/mol. The number of methoxy groups -OCH3 is 1. The summed E-state index contributed by atoms with van der Waals surface area (Å²) in [5, 5.41) is 0. The molecular weight excluding hydrogens is 276 g/mol. The monoisotopic (exact) mass is 302 g/mol. The summed E-state index contributed by atoms with van der Waals surface area (Å²) in [4.78, 5) is 15.1. The number of carbonyl (C=O) groups excluding carboxylic acids is 1. The largest absolute Gasteiger partial charge is 0.496 e. The minimum absolute atomic E-state index is 0.125. The molecule has 0 radical (unpaired) electrons. The first-order valence-electron chi connectivity index (χ1n) is 8.39. The van der Waals surface area contributed by atoms with Crippen LogP contribution in [-0.2, 0) is 4.79 Å². The van der Waals surface area contributed by atoms with Gasteiger partial charge in [-0.15, -0.1) is 0 Å². The summed E-state index contributed by atoms with van der Waals surface area (Å²) in [5.74, 6) is 1.68. The van der Waals surface area contributed by atoms with Crippen LogP contribution in [0.4, 0.5) is 0 Å². The fourth-order valence-electron chi connectivity index (χ4n) is 4.15. The van der Waals surface area contributed by atoms with Gasteiger partial charge in [-0.3, -0.25) is 4.79 Å². The zero-order chi connectivity index (χ0) is 15.5. The molecule has 0 spiro atoms. The van der Waals surface area contributed by atoms with Gasteiger partial charge in [0.1, 0.15) is 5.75 Å². The van der Waals surface area contributed by atoms with Gasteiger partial charge in [-0.1, -0.05) is 24.6 Å². The first-order chi connectivity index (χ1) is 10.8. The number of nitrogens with two attached hydrogens (primary N) is 1. The topological polar surface area (TPSA) is 55.6 Å². The molecular formula is C18H26N2O2. The lowest BCUT2D eigenvalue weighted by atomic mass is 9.93. The number of ether oxygens (including phenoxy) is 1. The van der Waals surface area contributed by atoms with Crippen LogP contribution in [0.5, 0.6) is 5.75 Å². The molecule has 1 heterocycles. The van der Waals surface area contributed by atoms with E-state index in [1.807, 2.05) is 18.2 Å². The summed E-state index contributed by atoms with van der Waals surface area (Å²) < 4.78 is 5.50. The maximum Gasteiger partial charge on any atom is 0.226 e. The van der Waals surface area contributed by atoms with E-state index < -0.39 is 0 Å². The first kappa shape index (κ1) is 15.3. The number of rotatable bonds is 4. The Kier molecular flexibility index (Phi) is 4.67. The Balaban J connectivity index is 1.82. The molecule has 0 aromatic heterocycles. The molecule has 1 saturated carbocycles. The summed E-state index contributed by atoms with van der Waals surface area (Å²) in [6, 6.07) is 8.23. The minimum Gasteiger partial charge on any atom is -0.496 e. The number of hydrogen-bond donors (Lipinski definition) is 1. The second kappa shape index (κ2) is 6.69. The number of amides is 1. The molecule has 4 nitrogen and oxygen atoms in total. The zero-order valence-electron chi connectivity index (χ0n) is 13.3. The molecule has 3 atom stereocenters. The lowest BCUT2D eigenvalue weighted by Crippen LogP contribution is -2.38. The fourth-order valence-corrected chi connectivity index (χ4v) is 4.15. The molecule has 1 aliphatic carbocycles. The number of hydrogen-bond acceptors (Lipinski definition) is 3. The summed E-state index contributed by atoms with van der Waals surface area (Å²) in [6.07, 6.45) is 5.31. The molecule has 2 fully saturated rings. The molecule has 4 heteroatoms. The molecule has 120 valence electrons. The number of likely N-dealkylation sites (tertiary alicyclic amines) is 1. The van der Waals surface area contributed by atoms with Crippen LogP contribution in [0.1, 0.15) is 43.7 Å². The van der Waals surface area contributed by atoms with E-state index in [1.165, 1.54) is 0 Å². The van der Waals surface area contributed by atoms with E-state index in [1.54, 1.807) is 7.11 Å². The first-order valence-corrected chi connectivity index (χ1v) is 8.39. The van der Waals surface area contributed by atoms with E-state index in [0.717, 1.165) is 50.0 Å². The van der Waals surface area contributed by atoms with Gasteiger partial charge in [0.2, 0.25) is 5.91 Å². The van der Waals surface area contributed by atoms with Crippen molar-refractivity contribution in [1.29, 1.82) is 0 Å². The second-order valence-electron chi connectivity index (χ2n) is 6.46. The van der Waals surface area contributed by atoms with Gasteiger partial charge in [-0.2, -0.15) is 0 Å². The van der Waals surface area contributed by atoms with Crippen LogP contribution < -0.4 is 10.5 Å². The quantitative estimate of drug-likeness (QED) is 0.930. The van der Waals surface area contributed by atoms with Gasteiger partial charge in [0, 0.05) is 18.0 Å². The van der Waals surface area contributed by atoms with E-state index in [2.05, 4.69) is 11.0 Å². The lowest BCUT2D eigenvalue weighted by molar-refractivity contribution is -0.137. The molecule has 1 aromatic rings. The fraction of sp³-hybridized carbons (Fsp3) is 0.611. The Labute approximate surface area is 132 Å². The molecule has 1 aromatic carbocycles. The Morgan fingerprint density at radius 2 is 2.09 bits per heavy atom. The third-order valence-corrected chi connectivity index (χ3v) is 5.31. The molecule has 1 unspecified atom stereocenters. The van der Waals surface area contributed by atoms with Crippen LogP contribution in [0.15, 0.2) is 24.3 Å². The predicted octanol–water partition coefficient (Wildman–Crippen LogP) is 2.73. The van der Waals surface area contributed by atoms with Crippen molar-refractivity contribution in [2.24, 2.45) is 17.6 Å². The summed E-state index contributed by atoms with van der Waals surface area (Å²) >= 11 is 0. The average Bonchev–Trinajstić information content (AvgIpc) is 3.22. The molecule has 1 aliphatic heterocycles. The van der Waals surface area contributed by atoms with Crippen molar-refractivity contribution in [2.75, 3.05) is 20.2 Å². The van der Waals surface area contributed by atoms with Crippen molar-refractivity contribution in [2.45, 2.75) is 38.1 Å². The van der Waals surface area contributed by atoms with Crippen LogP contribution >= 0.6 is 0 Å². The maximum absolute atomic E-state index is 13.0. The van der Waals surface area contributed by atoms with Gasteiger partial charge in [-0.05, 0) is 44.2 Å². The van der Waals surface area contributed by atoms with Crippen LogP contribution in [-0.4, -0.2) is 31.0 Å². The van der Waals surface area contributed by atoms with E-state index >= 15 is 0 Å². The van der Waals surface area contributed by atoms with E-state index in [0.29, 0.717) is 18.4 Å². The third kappa shape index (κ3) is 2.72. The second-order valence-corrected chi connectivity index (χ2v) is 6.46. The Bertz CT molecular complexity index is 532. The SMILES string of the molecule is COc1ccccc1C1CCCN1C(=O)[C@@H]1CCC[C@@H]1CN. The molecule has 3 rings (SSSR count). The van der Waals surface area contributed by atoms with E-state index in [4.69, 9.17) is 10.5 Å². The van der Waals surface area contributed by atoms with E-state index in [-0.39, 0.29) is 12.0 Å². The lowest BCUT2D eigenvalue weighted by Gasteiger charge is -2.30. The number of benzene rings is 1. The van der Waals surface area contributed by atoms with Crippen LogP contribution in [0.3, 0.4) is 0 Å². The standard InChI is InChI=1S/C18H26N2O2/c1-22-17-10-3-2-7-15(17)16-9-5-11-20(16)18(21)14-8-4-6-13(14)12-19/h2-3,7,10,13-14,16H,4-6,8-9,11-12,19H2,1H3/t13-,14-,16?/m1/s1. The molecule has 0 bridgehead atoms. The molecule has 2 N–H and O–H groups in total. The van der Waals surface area contributed by atoms with Crippen molar-refractivity contribution in [1.82, 2.24) is 4.90 Å². The molecule has 2 aliphatic rings. The highest BCUT2D eigenvalue weighted by atomic mass is 16.5. The molecule has 1 amide bonds. The molecule has 22 heavy (non-hydrogen) atoms. The van der Waals surface area contributed by atoms with Gasteiger partial charge in [0.05, 0.1) is 13.2 Å². The smallest absolute Gasteiger partial charge is 0.226 e. The summed E-state index contributed by atoms with van der Waals surface area (Å²) in [6.45, 7) is 1.49. The van der Waals surface area contributed by atoms with Crippen LogP contribution in [0, 0.1) is 11.8 Å². The number of nitrogens with zero attached hydrogens (tertiary/aromatic N) is 1. The Morgan fingerprint density at radius 1 is 1.27 bits per heavy atom. The van der Waals surface area contributed by atoms with Crippen molar-refractivity contribution < 1.29 is 9.53 Å². The highest BCUT2D eigenvalue weighted by Gasteiger charge is 2.39. The third-order valence-electron chi connectivity index (χ3n) is 5.31. The van der Waals surface area contributed by atoms with E-state index in [9.17, 15) is 4.79 Å². The van der Waals surface area contributed by atoms with Crippen molar-refractivity contribution in [3.05, 3.63) is 29.8 Å². The zero-order valence-corrected chi connectivity index (χ0v) is 13.3. The highest BCUT2D eigenvalue weighted by molar-refractivity contribution is 5.80.